The summed E-state index contributed by atoms with van der Waals surface area (Å²) in [7, 11) is 2.24. The number of aromatic nitrogens is 2. The number of hydrogen-bond donors (Lipinski definition) is 1. The van der Waals surface area contributed by atoms with Crippen LogP contribution in [0.4, 0.5) is 0 Å². The SMILES string of the molecule is CCc1cc(-n2cnc3cc(C#CC(O)CC)sc3c2=O)ccc1OC1C[C@H]2CC[C@@H](C1)N2C. The predicted molar refractivity (Wildman–Crippen MR) is 136 cm³/mol. The van der Waals surface area contributed by atoms with E-state index < -0.39 is 6.10 Å². The Balaban J connectivity index is 1.41. The Bertz CT molecular complexity index is 1300. The number of thiophene rings is 1. The number of fused-ring (bicyclic) bond motifs is 3. The summed E-state index contributed by atoms with van der Waals surface area (Å²) in [5, 5.41) is 9.69. The fraction of sp³-hybridized carbons (Fsp3) is 0.481. The Morgan fingerprint density at radius 3 is 2.71 bits per heavy atom. The van der Waals surface area contributed by atoms with Gasteiger partial charge in [0.15, 0.2) is 0 Å². The lowest BCUT2D eigenvalue weighted by atomic mass is 10.00. The topological polar surface area (TPSA) is 67.6 Å². The average molecular weight is 478 g/mol. The standard InChI is InChI=1S/C27H31N3O3S/c1-4-17-12-20(8-11-25(17)33-22-13-18-6-7-19(14-22)29(18)3)30-16-28-24-15-23(10-9-21(31)5-2)34-26(24)27(30)32/h8,11-12,15-16,18-19,21-22,31H,4-7,13-14H2,1-3H3/t18-,19+,21?,22?. The van der Waals surface area contributed by atoms with Gasteiger partial charge in [-0.3, -0.25) is 9.36 Å². The molecule has 2 aromatic heterocycles. The van der Waals surface area contributed by atoms with Gasteiger partial charge >= 0.3 is 0 Å². The molecule has 0 amide bonds. The van der Waals surface area contributed by atoms with E-state index in [-0.39, 0.29) is 11.7 Å². The van der Waals surface area contributed by atoms with Gasteiger partial charge in [0.25, 0.3) is 5.56 Å². The molecule has 0 saturated carbocycles. The van der Waals surface area contributed by atoms with E-state index in [0.717, 1.165) is 41.1 Å². The van der Waals surface area contributed by atoms with Crippen LogP contribution in [0.3, 0.4) is 0 Å². The summed E-state index contributed by atoms with van der Waals surface area (Å²) in [4.78, 5) is 21.0. The van der Waals surface area contributed by atoms with E-state index in [1.165, 1.54) is 24.2 Å². The van der Waals surface area contributed by atoms with Crippen LogP contribution in [-0.4, -0.2) is 50.9 Å². The first kappa shape index (κ1) is 23.1. The van der Waals surface area contributed by atoms with Crippen molar-refractivity contribution in [1.82, 2.24) is 14.5 Å². The van der Waals surface area contributed by atoms with Crippen LogP contribution in [0.25, 0.3) is 15.9 Å². The highest BCUT2D eigenvalue weighted by Crippen LogP contribution is 2.36. The Morgan fingerprint density at radius 2 is 2.00 bits per heavy atom. The zero-order chi connectivity index (χ0) is 23.8. The monoisotopic (exact) mass is 477 g/mol. The summed E-state index contributed by atoms with van der Waals surface area (Å²) in [6, 6.07) is 9.07. The van der Waals surface area contributed by atoms with E-state index >= 15 is 0 Å². The molecule has 0 aliphatic carbocycles. The minimum Gasteiger partial charge on any atom is -0.490 e. The van der Waals surface area contributed by atoms with Crippen molar-refractivity contribution >= 4 is 21.6 Å². The minimum absolute atomic E-state index is 0.110. The molecule has 4 heterocycles. The molecule has 1 N–H and O–H groups in total. The maximum Gasteiger partial charge on any atom is 0.275 e. The molecule has 2 aliphatic heterocycles. The Morgan fingerprint density at radius 1 is 1.24 bits per heavy atom. The van der Waals surface area contributed by atoms with Crippen molar-refractivity contribution in [3.05, 3.63) is 51.4 Å². The van der Waals surface area contributed by atoms with Crippen molar-refractivity contribution < 1.29 is 9.84 Å². The summed E-state index contributed by atoms with van der Waals surface area (Å²) in [5.74, 6) is 6.69. The molecule has 2 aliphatic rings. The van der Waals surface area contributed by atoms with E-state index in [2.05, 4.69) is 35.7 Å². The molecule has 2 saturated heterocycles. The zero-order valence-corrected chi connectivity index (χ0v) is 20.8. The summed E-state index contributed by atoms with van der Waals surface area (Å²) in [6.45, 7) is 3.99. The second-order valence-corrected chi connectivity index (χ2v) is 10.4. The van der Waals surface area contributed by atoms with Gasteiger partial charge in [0.2, 0.25) is 0 Å². The van der Waals surface area contributed by atoms with Crippen LogP contribution in [0.5, 0.6) is 5.75 Å². The molecular formula is C27H31N3O3S. The number of ether oxygens (including phenoxy) is 1. The van der Waals surface area contributed by atoms with Crippen LogP contribution in [0, 0.1) is 11.8 Å². The number of rotatable bonds is 5. The first-order valence-corrected chi connectivity index (χ1v) is 13.0. The van der Waals surface area contributed by atoms with Crippen LogP contribution in [0.15, 0.2) is 35.4 Å². The van der Waals surface area contributed by atoms with Crippen LogP contribution in [-0.2, 0) is 6.42 Å². The number of aryl methyl sites for hydroxylation is 1. The van der Waals surface area contributed by atoms with Crippen molar-refractivity contribution in [2.75, 3.05) is 7.05 Å². The predicted octanol–water partition coefficient (Wildman–Crippen LogP) is 4.14. The van der Waals surface area contributed by atoms with Gasteiger partial charge in [0.05, 0.1) is 16.1 Å². The van der Waals surface area contributed by atoms with Gasteiger partial charge in [-0.05, 0) is 75.4 Å². The molecule has 34 heavy (non-hydrogen) atoms. The van der Waals surface area contributed by atoms with Crippen molar-refractivity contribution in [2.45, 2.75) is 76.7 Å². The molecule has 0 radical (unpaired) electrons. The van der Waals surface area contributed by atoms with E-state index in [1.807, 2.05) is 31.2 Å². The fourth-order valence-electron chi connectivity index (χ4n) is 5.16. The van der Waals surface area contributed by atoms with E-state index in [4.69, 9.17) is 4.74 Å². The molecule has 5 rings (SSSR count). The van der Waals surface area contributed by atoms with Gasteiger partial charge in [-0.15, -0.1) is 11.3 Å². The van der Waals surface area contributed by atoms with Crippen molar-refractivity contribution in [2.24, 2.45) is 0 Å². The highest BCUT2D eigenvalue weighted by atomic mass is 32.1. The number of aliphatic hydroxyl groups is 1. The largest absolute Gasteiger partial charge is 0.490 e. The normalized spacial score (nSPS) is 23.0. The van der Waals surface area contributed by atoms with Crippen LogP contribution >= 0.6 is 11.3 Å². The number of hydrogen-bond acceptors (Lipinski definition) is 6. The molecule has 2 bridgehead atoms. The first-order valence-electron chi connectivity index (χ1n) is 12.2. The molecular weight excluding hydrogens is 446 g/mol. The number of aliphatic hydroxyl groups excluding tert-OH is 1. The minimum atomic E-state index is -0.660. The molecule has 2 unspecified atom stereocenters. The van der Waals surface area contributed by atoms with Gasteiger partial charge in [0.1, 0.15) is 29.0 Å². The number of piperidine rings is 1. The lowest BCUT2D eigenvalue weighted by Gasteiger charge is -2.36. The van der Waals surface area contributed by atoms with Crippen LogP contribution < -0.4 is 10.3 Å². The molecule has 0 spiro atoms. The molecule has 3 aromatic rings. The molecule has 2 fully saturated rings. The fourth-order valence-corrected chi connectivity index (χ4v) is 6.06. The molecule has 6 nitrogen and oxygen atoms in total. The van der Waals surface area contributed by atoms with Crippen LogP contribution in [0.1, 0.15) is 56.4 Å². The number of nitrogens with zero attached hydrogens (tertiary/aromatic N) is 3. The van der Waals surface area contributed by atoms with E-state index in [9.17, 15) is 9.90 Å². The van der Waals surface area contributed by atoms with Gasteiger partial charge in [-0.25, -0.2) is 4.98 Å². The molecule has 4 atom stereocenters. The summed E-state index contributed by atoms with van der Waals surface area (Å²) >= 11 is 1.32. The van der Waals surface area contributed by atoms with Crippen molar-refractivity contribution in [3.8, 4) is 23.3 Å². The third-order valence-corrected chi connectivity index (χ3v) is 8.27. The maximum absolute atomic E-state index is 13.2. The van der Waals surface area contributed by atoms with Gasteiger partial charge in [0, 0.05) is 12.1 Å². The average Bonchev–Trinajstić information content (AvgIpc) is 3.34. The second-order valence-electron chi connectivity index (χ2n) is 9.35. The Hall–Kier alpha value is -2.66. The van der Waals surface area contributed by atoms with Crippen molar-refractivity contribution in [1.29, 1.82) is 0 Å². The lowest BCUT2D eigenvalue weighted by Crippen LogP contribution is -2.43. The summed E-state index contributed by atoms with van der Waals surface area (Å²) in [6.07, 6.45) is 7.28. The Labute approximate surface area is 204 Å². The lowest BCUT2D eigenvalue weighted by molar-refractivity contribution is 0.0656. The smallest absolute Gasteiger partial charge is 0.275 e. The highest BCUT2D eigenvalue weighted by Gasteiger charge is 2.39. The highest BCUT2D eigenvalue weighted by molar-refractivity contribution is 7.19. The van der Waals surface area contributed by atoms with Gasteiger partial charge in [-0.1, -0.05) is 25.7 Å². The molecule has 1 aromatic carbocycles. The quantitative estimate of drug-likeness (QED) is 0.560. The maximum atomic E-state index is 13.2. The Kier molecular flexibility index (Phi) is 6.48. The third-order valence-electron chi connectivity index (χ3n) is 7.24. The summed E-state index contributed by atoms with van der Waals surface area (Å²) < 4.78 is 8.65. The van der Waals surface area contributed by atoms with Gasteiger partial charge < -0.3 is 14.7 Å². The molecule has 178 valence electrons. The molecule has 7 heteroatoms. The van der Waals surface area contributed by atoms with Gasteiger partial charge in [-0.2, -0.15) is 0 Å². The summed E-state index contributed by atoms with van der Waals surface area (Å²) in [5.41, 5.74) is 2.41. The second kappa shape index (κ2) is 9.53. The zero-order valence-electron chi connectivity index (χ0n) is 20.0. The van der Waals surface area contributed by atoms with Crippen LogP contribution in [0.2, 0.25) is 0 Å². The van der Waals surface area contributed by atoms with E-state index in [1.54, 1.807) is 10.9 Å². The van der Waals surface area contributed by atoms with E-state index in [0.29, 0.717) is 28.7 Å². The third kappa shape index (κ3) is 4.38. The van der Waals surface area contributed by atoms with Crippen molar-refractivity contribution in [3.63, 3.8) is 0 Å². The first-order chi connectivity index (χ1) is 16.5. The number of benzene rings is 1.